The zero-order chi connectivity index (χ0) is 14.3. The van der Waals surface area contributed by atoms with Gasteiger partial charge in [-0.2, -0.15) is 0 Å². The minimum Gasteiger partial charge on any atom is -0.484 e. The average Bonchev–Trinajstić information content (AvgIpc) is 2.36. The summed E-state index contributed by atoms with van der Waals surface area (Å²) in [6.07, 6.45) is 0.903. The minimum atomic E-state index is -0.0790. The molecule has 3 nitrogen and oxygen atoms in total. The van der Waals surface area contributed by atoms with Crippen LogP contribution in [0.1, 0.15) is 27.2 Å². The monoisotopic (exact) mass is 327 g/mol. The van der Waals surface area contributed by atoms with Crippen LogP contribution in [-0.4, -0.2) is 23.9 Å². The van der Waals surface area contributed by atoms with Crippen LogP contribution >= 0.6 is 15.9 Å². The predicted molar refractivity (Wildman–Crippen MR) is 81.7 cm³/mol. The van der Waals surface area contributed by atoms with E-state index in [1.807, 2.05) is 30.3 Å². The average molecular weight is 328 g/mol. The van der Waals surface area contributed by atoms with Gasteiger partial charge in [0.05, 0.1) is 0 Å². The van der Waals surface area contributed by atoms with Crippen molar-refractivity contribution in [2.45, 2.75) is 33.2 Å². The number of halogens is 1. The molecule has 0 radical (unpaired) electrons. The maximum Gasteiger partial charge on any atom is 0.258 e. The summed E-state index contributed by atoms with van der Waals surface area (Å²) < 4.78 is 5.44. The van der Waals surface area contributed by atoms with E-state index in [0.29, 0.717) is 5.75 Å². The van der Waals surface area contributed by atoms with Crippen LogP contribution in [0.15, 0.2) is 30.3 Å². The summed E-state index contributed by atoms with van der Waals surface area (Å²) in [6, 6.07) is 9.50. The lowest BCUT2D eigenvalue weighted by Gasteiger charge is -2.31. The Morgan fingerprint density at radius 2 is 1.95 bits per heavy atom. The van der Waals surface area contributed by atoms with Crippen molar-refractivity contribution in [3.05, 3.63) is 30.3 Å². The summed E-state index contributed by atoms with van der Waals surface area (Å²) in [5, 5.41) is 3.90. The Morgan fingerprint density at radius 3 is 2.47 bits per heavy atom. The van der Waals surface area contributed by atoms with Crippen LogP contribution in [0.4, 0.5) is 0 Å². The molecule has 0 aliphatic rings. The molecule has 0 bridgehead atoms. The molecule has 1 amide bonds. The Labute approximate surface area is 123 Å². The topological polar surface area (TPSA) is 38.3 Å². The fraction of sp³-hybridized carbons (Fsp3) is 0.533. The van der Waals surface area contributed by atoms with Gasteiger partial charge in [-0.1, -0.05) is 54.9 Å². The Morgan fingerprint density at radius 1 is 1.32 bits per heavy atom. The van der Waals surface area contributed by atoms with Gasteiger partial charge in [-0.3, -0.25) is 4.79 Å². The number of para-hydroxylation sites is 1. The molecule has 1 unspecified atom stereocenters. The number of alkyl halides is 1. The normalized spacial score (nSPS) is 12.8. The third-order valence-electron chi connectivity index (χ3n) is 2.89. The van der Waals surface area contributed by atoms with Crippen molar-refractivity contribution in [2.24, 2.45) is 5.41 Å². The lowest BCUT2D eigenvalue weighted by molar-refractivity contribution is -0.124. The van der Waals surface area contributed by atoms with Crippen LogP contribution in [0.25, 0.3) is 0 Å². The first-order valence-corrected chi connectivity index (χ1v) is 7.59. The molecule has 4 heteroatoms. The van der Waals surface area contributed by atoms with E-state index in [2.05, 4.69) is 42.0 Å². The summed E-state index contributed by atoms with van der Waals surface area (Å²) in [6.45, 7) is 6.43. The maximum absolute atomic E-state index is 11.9. The van der Waals surface area contributed by atoms with E-state index >= 15 is 0 Å². The van der Waals surface area contributed by atoms with E-state index in [1.165, 1.54) is 0 Å². The highest BCUT2D eigenvalue weighted by Gasteiger charge is 2.25. The second kappa shape index (κ2) is 7.53. The highest BCUT2D eigenvalue weighted by Crippen LogP contribution is 2.22. The van der Waals surface area contributed by atoms with E-state index < -0.39 is 0 Å². The van der Waals surface area contributed by atoms with Crippen LogP contribution in [0.5, 0.6) is 5.75 Å². The van der Waals surface area contributed by atoms with Crippen LogP contribution in [0, 0.1) is 5.41 Å². The number of nitrogens with one attached hydrogen (secondary N) is 1. The molecule has 0 saturated heterocycles. The first-order valence-electron chi connectivity index (χ1n) is 6.46. The Bertz CT molecular complexity index is 387. The van der Waals surface area contributed by atoms with E-state index in [1.54, 1.807) is 0 Å². The van der Waals surface area contributed by atoms with Crippen molar-refractivity contribution in [3.63, 3.8) is 0 Å². The number of carbonyl (C=O) groups is 1. The smallest absolute Gasteiger partial charge is 0.258 e. The van der Waals surface area contributed by atoms with Gasteiger partial charge in [0.25, 0.3) is 5.91 Å². The molecule has 0 heterocycles. The van der Waals surface area contributed by atoms with Gasteiger partial charge in [-0.15, -0.1) is 0 Å². The van der Waals surface area contributed by atoms with Gasteiger partial charge >= 0.3 is 0 Å². The molecule has 0 saturated carbocycles. The van der Waals surface area contributed by atoms with Gasteiger partial charge in [-0.05, 0) is 24.0 Å². The molecule has 1 rings (SSSR count). The molecule has 106 valence electrons. The molecule has 1 aromatic rings. The van der Waals surface area contributed by atoms with Crippen molar-refractivity contribution in [3.8, 4) is 5.75 Å². The summed E-state index contributed by atoms with van der Waals surface area (Å²) >= 11 is 3.43. The molecule has 0 fully saturated rings. The number of benzene rings is 1. The van der Waals surface area contributed by atoms with Gasteiger partial charge in [0.15, 0.2) is 6.61 Å². The Kier molecular flexibility index (Phi) is 6.35. The molecule has 0 aromatic heterocycles. The number of carbonyl (C=O) groups excluding carboxylic acids is 1. The highest BCUT2D eigenvalue weighted by atomic mass is 79.9. The van der Waals surface area contributed by atoms with Crippen LogP contribution < -0.4 is 10.1 Å². The van der Waals surface area contributed by atoms with E-state index in [-0.39, 0.29) is 24.0 Å². The zero-order valence-electron chi connectivity index (χ0n) is 11.8. The van der Waals surface area contributed by atoms with Crippen LogP contribution in [0.3, 0.4) is 0 Å². The van der Waals surface area contributed by atoms with Crippen LogP contribution in [0.2, 0.25) is 0 Å². The third kappa shape index (κ3) is 6.10. The molecule has 1 atom stereocenters. The van der Waals surface area contributed by atoms with Crippen molar-refractivity contribution < 1.29 is 9.53 Å². The quantitative estimate of drug-likeness (QED) is 0.813. The van der Waals surface area contributed by atoms with Gasteiger partial charge < -0.3 is 10.1 Å². The van der Waals surface area contributed by atoms with Gasteiger partial charge in [-0.25, -0.2) is 0 Å². The second-order valence-electron chi connectivity index (χ2n) is 5.57. The lowest BCUT2D eigenvalue weighted by Crippen LogP contribution is -2.45. The summed E-state index contributed by atoms with van der Waals surface area (Å²) in [5.41, 5.74) is 0.0379. The molecule has 0 aliphatic heterocycles. The predicted octanol–water partition coefficient (Wildman–Crippen LogP) is 3.38. The zero-order valence-corrected chi connectivity index (χ0v) is 13.4. The molecule has 0 spiro atoms. The molecular formula is C15H22BrNO2. The standard InChI is InChI=1S/C15H22BrNO2/c1-15(2,3)13(9-10-16)17-14(18)11-19-12-7-5-4-6-8-12/h4-8,13H,9-11H2,1-3H3,(H,17,18). The number of rotatable bonds is 6. The minimum absolute atomic E-state index is 0.0379. The first kappa shape index (κ1) is 16.0. The van der Waals surface area contributed by atoms with Gasteiger partial charge in [0.2, 0.25) is 0 Å². The molecule has 19 heavy (non-hydrogen) atoms. The van der Waals surface area contributed by atoms with Crippen molar-refractivity contribution in [2.75, 3.05) is 11.9 Å². The largest absolute Gasteiger partial charge is 0.484 e. The molecule has 0 aliphatic carbocycles. The fourth-order valence-electron chi connectivity index (χ4n) is 1.73. The Hall–Kier alpha value is -1.03. The third-order valence-corrected chi connectivity index (χ3v) is 3.35. The molecule has 1 aromatic carbocycles. The number of ether oxygens (including phenoxy) is 1. The van der Waals surface area contributed by atoms with Gasteiger partial charge in [0, 0.05) is 11.4 Å². The van der Waals surface area contributed by atoms with E-state index in [4.69, 9.17) is 4.74 Å². The molecule has 1 N–H and O–H groups in total. The van der Waals surface area contributed by atoms with Crippen molar-refractivity contribution in [1.82, 2.24) is 5.32 Å². The van der Waals surface area contributed by atoms with E-state index in [9.17, 15) is 4.79 Å². The maximum atomic E-state index is 11.9. The fourth-order valence-corrected chi connectivity index (χ4v) is 2.19. The number of hydrogen-bond acceptors (Lipinski definition) is 2. The van der Waals surface area contributed by atoms with Gasteiger partial charge in [0.1, 0.15) is 5.75 Å². The van der Waals surface area contributed by atoms with Crippen LogP contribution in [-0.2, 0) is 4.79 Å². The lowest BCUT2D eigenvalue weighted by atomic mass is 9.85. The number of amides is 1. The second-order valence-corrected chi connectivity index (χ2v) is 6.36. The summed E-state index contributed by atoms with van der Waals surface area (Å²) in [4.78, 5) is 11.9. The van der Waals surface area contributed by atoms with Crippen molar-refractivity contribution in [1.29, 1.82) is 0 Å². The molecular weight excluding hydrogens is 306 g/mol. The summed E-state index contributed by atoms with van der Waals surface area (Å²) in [7, 11) is 0. The van der Waals surface area contributed by atoms with Crippen molar-refractivity contribution >= 4 is 21.8 Å². The number of hydrogen-bond donors (Lipinski definition) is 1. The van der Waals surface area contributed by atoms with E-state index in [0.717, 1.165) is 11.8 Å². The summed E-state index contributed by atoms with van der Waals surface area (Å²) in [5.74, 6) is 0.634. The first-order chi connectivity index (χ1) is 8.93. The Balaban J connectivity index is 2.45. The highest BCUT2D eigenvalue weighted by molar-refractivity contribution is 9.09. The SMILES string of the molecule is CC(C)(C)C(CCBr)NC(=O)COc1ccccc1.